The fourth-order valence-corrected chi connectivity index (χ4v) is 2.45. The predicted molar refractivity (Wildman–Crippen MR) is 63.8 cm³/mol. The second-order valence-electron chi connectivity index (χ2n) is 4.37. The Morgan fingerprint density at radius 1 is 1.50 bits per heavy atom. The Bertz CT molecular complexity index is 389. The number of para-hydroxylation sites is 1. The Kier molecular flexibility index (Phi) is 3.13. The third kappa shape index (κ3) is 2.18. The van der Waals surface area contributed by atoms with E-state index in [0.29, 0.717) is 0 Å². The number of carbonyl (C=O) groups is 1. The zero-order valence-corrected chi connectivity index (χ0v) is 9.52. The predicted octanol–water partition coefficient (Wildman–Crippen LogP) is 2.44. The topological polar surface area (TPSA) is 40.5 Å². The molecule has 1 aliphatic heterocycles. The van der Waals surface area contributed by atoms with E-state index in [-0.39, 0.29) is 12.5 Å². The summed E-state index contributed by atoms with van der Waals surface area (Å²) in [5.41, 5.74) is 2.41. The van der Waals surface area contributed by atoms with Gasteiger partial charge in [-0.1, -0.05) is 18.2 Å². The van der Waals surface area contributed by atoms with Crippen LogP contribution in [0.5, 0.6) is 0 Å². The number of carboxylic acid groups (broad SMARTS) is 1. The molecule has 1 saturated heterocycles. The van der Waals surface area contributed by atoms with E-state index < -0.39 is 5.97 Å². The van der Waals surface area contributed by atoms with Crippen LogP contribution < -0.4 is 4.90 Å². The minimum atomic E-state index is -0.703. The Morgan fingerprint density at radius 2 is 2.25 bits per heavy atom. The normalized spacial score (nSPS) is 20.1. The molecule has 1 heterocycles. The van der Waals surface area contributed by atoms with Crippen LogP contribution in [-0.4, -0.2) is 23.7 Å². The average Bonchev–Trinajstić information content (AvgIpc) is 2.66. The van der Waals surface area contributed by atoms with E-state index in [1.54, 1.807) is 0 Å². The number of aryl methyl sites for hydroxylation is 1. The lowest BCUT2D eigenvalue weighted by Gasteiger charge is -2.27. The molecule has 1 fully saturated rings. The number of aliphatic carboxylic acids is 1. The number of rotatable bonds is 3. The summed E-state index contributed by atoms with van der Waals surface area (Å²) in [5.74, 6) is -0.703. The molecule has 3 heteroatoms. The fourth-order valence-electron chi connectivity index (χ4n) is 2.45. The van der Waals surface area contributed by atoms with Crippen molar-refractivity contribution in [3.05, 3.63) is 29.8 Å². The molecule has 1 unspecified atom stereocenters. The fraction of sp³-hybridized carbons (Fsp3) is 0.462. The second-order valence-corrected chi connectivity index (χ2v) is 4.37. The molecule has 1 atom stereocenters. The van der Waals surface area contributed by atoms with E-state index in [1.807, 2.05) is 12.1 Å². The lowest BCUT2D eigenvalue weighted by molar-refractivity contribution is -0.137. The summed E-state index contributed by atoms with van der Waals surface area (Å²) in [4.78, 5) is 13.0. The molecule has 0 aromatic heterocycles. The van der Waals surface area contributed by atoms with Gasteiger partial charge in [-0.25, -0.2) is 0 Å². The molecule has 0 spiro atoms. The monoisotopic (exact) mass is 219 g/mol. The van der Waals surface area contributed by atoms with Gasteiger partial charge in [-0.05, 0) is 31.4 Å². The third-order valence-electron chi connectivity index (χ3n) is 3.21. The number of hydrogen-bond donors (Lipinski definition) is 1. The first-order chi connectivity index (χ1) is 7.68. The van der Waals surface area contributed by atoms with Gasteiger partial charge >= 0.3 is 5.97 Å². The van der Waals surface area contributed by atoms with Crippen molar-refractivity contribution in [1.82, 2.24) is 0 Å². The first-order valence-corrected chi connectivity index (χ1v) is 5.72. The van der Waals surface area contributed by atoms with E-state index in [2.05, 4.69) is 24.0 Å². The zero-order chi connectivity index (χ0) is 11.5. The average molecular weight is 219 g/mol. The summed E-state index contributed by atoms with van der Waals surface area (Å²) in [6.45, 7) is 3.05. The van der Waals surface area contributed by atoms with Crippen LogP contribution in [0.3, 0.4) is 0 Å². The molecule has 16 heavy (non-hydrogen) atoms. The molecular formula is C13H17NO2. The summed E-state index contributed by atoms with van der Waals surface area (Å²) >= 11 is 0. The van der Waals surface area contributed by atoms with E-state index in [0.717, 1.165) is 19.4 Å². The van der Waals surface area contributed by atoms with Gasteiger partial charge in [0.25, 0.3) is 0 Å². The third-order valence-corrected chi connectivity index (χ3v) is 3.21. The number of nitrogens with zero attached hydrogens (tertiary/aromatic N) is 1. The van der Waals surface area contributed by atoms with Crippen molar-refractivity contribution in [3.8, 4) is 0 Å². The van der Waals surface area contributed by atoms with E-state index in [4.69, 9.17) is 5.11 Å². The maximum absolute atomic E-state index is 10.8. The molecule has 0 amide bonds. The van der Waals surface area contributed by atoms with Crippen molar-refractivity contribution in [3.63, 3.8) is 0 Å². The minimum Gasteiger partial charge on any atom is -0.481 e. The van der Waals surface area contributed by atoms with Crippen molar-refractivity contribution >= 4 is 11.7 Å². The zero-order valence-electron chi connectivity index (χ0n) is 9.52. The Morgan fingerprint density at radius 3 is 2.94 bits per heavy atom. The highest BCUT2D eigenvalue weighted by Gasteiger charge is 2.27. The summed E-state index contributed by atoms with van der Waals surface area (Å²) in [6.07, 6.45) is 2.32. The van der Waals surface area contributed by atoms with Crippen molar-refractivity contribution in [2.45, 2.75) is 32.2 Å². The first-order valence-electron chi connectivity index (χ1n) is 5.72. The molecule has 0 bridgehead atoms. The molecule has 3 nitrogen and oxygen atoms in total. The Labute approximate surface area is 95.7 Å². The van der Waals surface area contributed by atoms with Crippen LogP contribution in [0.1, 0.15) is 24.8 Å². The molecule has 1 aromatic carbocycles. The SMILES string of the molecule is Cc1ccccc1N1CCCC1CC(=O)O. The van der Waals surface area contributed by atoms with E-state index in [9.17, 15) is 4.79 Å². The van der Waals surface area contributed by atoms with Crippen LogP contribution in [0, 0.1) is 6.92 Å². The van der Waals surface area contributed by atoms with Gasteiger partial charge in [0, 0.05) is 18.3 Å². The molecule has 2 rings (SSSR count). The number of anilines is 1. The standard InChI is InChI=1S/C13H17NO2/c1-10-5-2-3-7-12(10)14-8-4-6-11(14)9-13(15)16/h2-3,5,7,11H,4,6,8-9H2,1H3,(H,15,16). The number of hydrogen-bond acceptors (Lipinski definition) is 2. The van der Waals surface area contributed by atoms with Crippen molar-refractivity contribution in [2.24, 2.45) is 0 Å². The van der Waals surface area contributed by atoms with Gasteiger partial charge in [-0.15, -0.1) is 0 Å². The quantitative estimate of drug-likeness (QED) is 0.848. The highest BCUT2D eigenvalue weighted by atomic mass is 16.4. The van der Waals surface area contributed by atoms with Crippen molar-refractivity contribution in [2.75, 3.05) is 11.4 Å². The van der Waals surface area contributed by atoms with Gasteiger partial charge in [-0.2, -0.15) is 0 Å². The largest absolute Gasteiger partial charge is 0.481 e. The summed E-state index contributed by atoms with van der Waals surface area (Å²) in [6, 6.07) is 8.35. The van der Waals surface area contributed by atoms with Crippen LogP contribution >= 0.6 is 0 Å². The number of carboxylic acids is 1. The Hall–Kier alpha value is -1.51. The van der Waals surface area contributed by atoms with Gasteiger partial charge in [0.05, 0.1) is 6.42 Å². The lowest BCUT2D eigenvalue weighted by atomic mass is 10.1. The van der Waals surface area contributed by atoms with Gasteiger partial charge in [0.15, 0.2) is 0 Å². The van der Waals surface area contributed by atoms with Crippen LogP contribution in [0.4, 0.5) is 5.69 Å². The van der Waals surface area contributed by atoms with Gasteiger partial charge in [-0.3, -0.25) is 4.79 Å². The molecule has 0 saturated carbocycles. The maximum atomic E-state index is 10.8. The van der Waals surface area contributed by atoms with Gasteiger partial charge < -0.3 is 10.0 Å². The summed E-state index contributed by atoms with van der Waals surface area (Å²) in [5, 5.41) is 8.88. The molecule has 86 valence electrons. The van der Waals surface area contributed by atoms with E-state index in [1.165, 1.54) is 11.3 Å². The van der Waals surface area contributed by atoms with E-state index >= 15 is 0 Å². The molecule has 1 N–H and O–H groups in total. The molecule has 1 aromatic rings. The molecule has 0 radical (unpaired) electrons. The maximum Gasteiger partial charge on any atom is 0.305 e. The summed E-state index contributed by atoms with van der Waals surface area (Å²) in [7, 11) is 0. The first kappa shape index (κ1) is 11.0. The molecular weight excluding hydrogens is 202 g/mol. The minimum absolute atomic E-state index is 0.165. The Balaban J connectivity index is 2.20. The van der Waals surface area contributed by atoms with Crippen molar-refractivity contribution in [1.29, 1.82) is 0 Å². The van der Waals surface area contributed by atoms with Gasteiger partial charge in [0.1, 0.15) is 0 Å². The van der Waals surface area contributed by atoms with Crippen LogP contribution in [-0.2, 0) is 4.79 Å². The highest BCUT2D eigenvalue weighted by Crippen LogP contribution is 2.29. The summed E-state index contributed by atoms with van der Waals surface area (Å²) < 4.78 is 0. The van der Waals surface area contributed by atoms with Crippen molar-refractivity contribution < 1.29 is 9.90 Å². The van der Waals surface area contributed by atoms with Crippen LogP contribution in [0.25, 0.3) is 0 Å². The van der Waals surface area contributed by atoms with Crippen LogP contribution in [0.15, 0.2) is 24.3 Å². The number of benzene rings is 1. The highest BCUT2D eigenvalue weighted by molar-refractivity contribution is 5.69. The van der Waals surface area contributed by atoms with Crippen LogP contribution in [0.2, 0.25) is 0 Å². The lowest BCUT2D eigenvalue weighted by Crippen LogP contribution is -2.31. The second kappa shape index (κ2) is 4.56. The molecule has 0 aliphatic carbocycles. The molecule has 1 aliphatic rings. The smallest absolute Gasteiger partial charge is 0.305 e. The van der Waals surface area contributed by atoms with Gasteiger partial charge in [0.2, 0.25) is 0 Å².